The molecule has 6 heteroatoms. The van der Waals surface area contributed by atoms with Gasteiger partial charge in [-0.3, -0.25) is 4.99 Å². The third-order valence-electron chi connectivity index (χ3n) is 4.05. The standard InChI is InChI=1S/C18H28N4O.HI/c1-18(2,23-4)13-22-17(19-3)20-11-7-8-14-12-21-16-10-6-5-9-15(14)16;/h5-6,9-10,12,21H,7-8,11,13H2,1-4H3,(H2,19,20,22);1H. The molecule has 2 aromatic rings. The summed E-state index contributed by atoms with van der Waals surface area (Å²) in [7, 11) is 3.51. The largest absolute Gasteiger partial charge is 0.377 e. The molecule has 5 nitrogen and oxygen atoms in total. The van der Waals surface area contributed by atoms with Crippen LogP contribution in [0, 0.1) is 0 Å². The second kappa shape index (κ2) is 9.88. The number of nitrogens with zero attached hydrogens (tertiary/aromatic N) is 1. The van der Waals surface area contributed by atoms with E-state index in [4.69, 9.17) is 4.74 Å². The van der Waals surface area contributed by atoms with Crippen molar-refractivity contribution in [3.8, 4) is 0 Å². The van der Waals surface area contributed by atoms with Crippen molar-refractivity contribution in [2.24, 2.45) is 4.99 Å². The van der Waals surface area contributed by atoms with Crippen LogP contribution in [-0.4, -0.2) is 43.8 Å². The van der Waals surface area contributed by atoms with Crippen LogP contribution in [0.15, 0.2) is 35.5 Å². The van der Waals surface area contributed by atoms with Crippen LogP contribution in [0.4, 0.5) is 0 Å². The predicted molar refractivity (Wildman–Crippen MR) is 112 cm³/mol. The summed E-state index contributed by atoms with van der Waals surface area (Å²) in [4.78, 5) is 7.56. The molecular formula is C18H29IN4O. The number of aromatic nitrogens is 1. The minimum absolute atomic E-state index is 0. The summed E-state index contributed by atoms with van der Waals surface area (Å²) in [6.45, 7) is 5.69. The second-order valence-corrected chi connectivity index (χ2v) is 6.28. The van der Waals surface area contributed by atoms with E-state index in [9.17, 15) is 0 Å². The molecule has 0 aliphatic rings. The lowest BCUT2D eigenvalue weighted by Gasteiger charge is -2.24. The van der Waals surface area contributed by atoms with E-state index < -0.39 is 0 Å². The lowest BCUT2D eigenvalue weighted by atomic mass is 10.1. The van der Waals surface area contributed by atoms with Crippen LogP contribution >= 0.6 is 24.0 Å². The number of rotatable bonds is 7. The molecule has 1 aromatic carbocycles. The molecule has 0 unspecified atom stereocenters. The molecular weight excluding hydrogens is 415 g/mol. The smallest absolute Gasteiger partial charge is 0.191 e. The molecule has 1 aromatic heterocycles. The number of aromatic amines is 1. The maximum atomic E-state index is 5.40. The predicted octanol–water partition coefficient (Wildman–Crippen LogP) is 3.31. The maximum absolute atomic E-state index is 5.40. The Morgan fingerprint density at radius 2 is 2.00 bits per heavy atom. The number of fused-ring (bicyclic) bond motifs is 1. The number of nitrogens with one attached hydrogen (secondary N) is 3. The second-order valence-electron chi connectivity index (χ2n) is 6.28. The number of halogens is 1. The van der Waals surface area contributed by atoms with Gasteiger partial charge in [-0.25, -0.2) is 0 Å². The lowest BCUT2D eigenvalue weighted by Crippen LogP contribution is -2.45. The first-order valence-corrected chi connectivity index (χ1v) is 8.10. The summed E-state index contributed by atoms with van der Waals surface area (Å²) >= 11 is 0. The fourth-order valence-electron chi connectivity index (χ4n) is 2.41. The number of ether oxygens (including phenoxy) is 1. The van der Waals surface area contributed by atoms with Crippen LogP contribution in [0.2, 0.25) is 0 Å². The molecule has 0 amide bonds. The molecule has 1 heterocycles. The highest BCUT2D eigenvalue weighted by Gasteiger charge is 2.16. The Bertz CT molecular complexity index is 651. The van der Waals surface area contributed by atoms with Gasteiger partial charge in [0.1, 0.15) is 0 Å². The molecule has 0 aliphatic carbocycles. The topological polar surface area (TPSA) is 61.4 Å². The first-order chi connectivity index (χ1) is 11.1. The average molecular weight is 444 g/mol. The van der Waals surface area contributed by atoms with Crippen molar-refractivity contribution < 1.29 is 4.74 Å². The minimum Gasteiger partial charge on any atom is -0.377 e. The van der Waals surface area contributed by atoms with Crippen LogP contribution in [0.3, 0.4) is 0 Å². The van der Waals surface area contributed by atoms with Gasteiger partial charge in [0.25, 0.3) is 0 Å². The molecule has 0 saturated heterocycles. The monoisotopic (exact) mass is 444 g/mol. The zero-order chi connectivity index (χ0) is 16.7. The number of benzene rings is 1. The Labute approximate surface area is 161 Å². The van der Waals surface area contributed by atoms with Gasteiger partial charge in [0.2, 0.25) is 0 Å². The average Bonchev–Trinajstić information content (AvgIpc) is 2.97. The first kappa shape index (κ1) is 20.8. The summed E-state index contributed by atoms with van der Waals surface area (Å²) in [5.41, 5.74) is 2.36. The SMILES string of the molecule is CN=C(NCCCc1c[nH]c2ccccc12)NCC(C)(C)OC.I. The van der Waals surface area contributed by atoms with Gasteiger partial charge in [-0.05, 0) is 38.3 Å². The van der Waals surface area contributed by atoms with Crippen molar-refractivity contribution in [1.29, 1.82) is 0 Å². The van der Waals surface area contributed by atoms with Gasteiger partial charge < -0.3 is 20.4 Å². The van der Waals surface area contributed by atoms with E-state index in [0.29, 0.717) is 6.54 Å². The van der Waals surface area contributed by atoms with Crippen molar-refractivity contribution in [2.75, 3.05) is 27.2 Å². The van der Waals surface area contributed by atoms with Crippen LogP contribution in [-0.2, 0) is 11.2 Å². The summed E-state index contributed by atoms with van der Waals surface area (Å²) in [6.07, 6.45) is 4.20. The van der Waals surface area contributed by atoms with Gasteiger partial charge in [0.05, 0.1) is 5.60 Å². The van der Waals surface area contributed by atoms with Crippen molar-refractivity contribution >= 4 is 40.8 Å². The number of aliphatic imine (C=N–C) groups is 1. The van der Waals surface area contributed by atoms with E-state index >= 15 is 0 Å². The zero-order valence-electron chi connectivity index (χ0n) is 15.0. The molecule has 0 fully saturated rings. The van der Waals surface area contributed by atoms with E-state index in [0.717, 1.165) is 25.3 Å². The molecule has 3 N–H and O–H groups in total. The number of H-pyrrole nitrogens is 1. The van der Waals surface area contributed by atoms with Crippen LogP contribution in [0.5, 0.6) is 0 Å². The third kappa shape index (κ3) is 5.98. The van der Waals surface area contributed by atoms with Crippen molar-refractivity contribution in [1.82, 2.24) is 15.6 Å². The highest BCUT2D eigenvalue weighted by molar-refractivity contribution is 14.0. The Morgan fingerprint density at radius 1 is 1.25 bits per heavy atom. The molecule has 0 bridgehead atoms. The molecule has 0 atom stereocenters. The summed E-state index contributed by atoms with van der Waals surface area (Å²) in [6, 6.07) is 8.42. The molecule has 0 saturated carbocycles. The number of aryl methyl sites for hydroxylation is 1. The number of methoxy groups -OCH3 is 1. The maximum Gasteiger partial charge on any atom is 0.191 e. The number of hydrogen-bond donors (Lipinski definition) is 3. The van der Waals surface area contributed by atoms with E-state index in [1.54, 1.807) is 14.2 Å². The Kier molecular flexibility index (Phi) is 8.55. The number of para-hydroxylation sites is 1. The fourth-order valence-corrected chi connectivity index (χ4v) is 2.41. The molecule has 0 radical (unpaired) electrons. The number of guanidine groups is 1. The summed E-state index contributed by atoms with van der Waals surface area (Å²) < 4.78 is 5.40. The summed E-state index contributed by atoms with van der Waals surface area (Å²) in [5.74, 6) is 0.814. The van der Waals surface area contributed by atoms with E-state index in [1.165, 1.54) is 16.5 Å². The van der Waals surface area contributed by atoms with E-state index in [-0.39, 0.29) is 29.6 Å². The highest BCUT2D eigenvalue weighted by Crippen LogP contribution is 2.18. The molecule has 134 valence electrons. The zero-order valence-corrected chi connectivity index (χ0v) is 17.3. The Morgan fingerprint density at radius 3 is 2.71 bits per heavy atom. The minimum atomic E-state index is -0.207. The molecule has 0 aliphatic heterocycles. The molecule has 0 spiro atoms. The van der Waals surface area contributed by atoms with Gasteiger partial charge in [-0.1, -0.05) is 18.2 Å². The van der Waals surface area contributed by atoms with Gasteiger partial charge in [-0.2, -0.15) is 0 Å². The van der Waals surface area contributed by atoms with Gasteiger partial charge in [-0.15, -0.1) is 24.0 Å². The fraction of sp³-hybridized carbons (Fsp3) is 0.500. The first-order valence-electron chi connectivity index (χ1n) is 8.10. The summed E-state index contributed by atoms with van der Waals surface area (Å²) in [5, 5.41) is 7.96. The van der Waals surface area contributed by atoms with Crippen molar-refractivity contribution in [2.45, 2.75) is 32.3 Å². The van der Waals surface area contributed by atoms with Gasteiger partial charge in [0.15, 0.2) is 5.96 Å². The normalized spacial score (nSPS) is 12.1. The number of hydrogen-bond acceptors (Lipinski definition) is 2. The van der Waals surface area contributed by atoms with E-state index in [2.05, 4.69) is 51.1 Å². The van der Waals surface area contributed by atoms with Crippen LogP contribution < -0.4 is 10.6 Å². The molecule has 24 heavy (non-hydrogen) atoms. The third-order valence-corrected chi connectivity index (χ3v) is 4.05. The van der Waals surface area contributed by atoms with Crippen molar-refractivity contribution in [3.05, 3.63) is 36.0 Å². The quantitative estimate of drug-likeness (QED) is 0.266. The Hall–Kier alpha value is -1.28. The Balaban J connectivity index is 0.00000288. The van der Waals surface area contributed by atoms with Crippen molar-refractivity contribution in [3.63, 3.8) is 0 Å². The van der Waals surface area contributed by atoms with Gasteiger partial charge in [0, 0.05) is 44.3 Å². The van der Waals surface area contributed by atoms with Gasteiger partial charge >= 0.3 is 0 Å². The lowest BCUT2D eigenvalue weighted by molar-refractivity contribution is 0.0268. The molecule has 2 rings (SSSR count). The van der Waals surface area contributed by atoms with E-state index in [1.807, 2.05) is 13.8 Å². The van der Waals surface area contributed by atoms with Crippen LogP contribution in [0.1, 0.15) is 25.8 Å². The van der Waals surface area contributed by atoms with Crippen LogP contribution in [0.25, 0.3) is 10.9 Å². The highest BCUT2D eigenvalue weighted by atomic mass is 127.